The van der Waals surface area contributed by atoms with Crippen molar-refractivity contribution in [3.05, 3.63) is 39.9 Å². The van der Waals surface area contributed by atoms with Crippen molar-refractivity contribution in [1.82, 2.24) is 5.32 Å². The van der Waals surface area contributed by atoms with Gasteiger partial charge in [0.15, 0.2) is 29.6 Å². The molecule has 10 heteroatoms. The van der Waals surface area contributed by atoms with Gasteiger partial charge >= 0.3 is 5.97 Å². The SMILES string of the molecule is COc1ccc(CCNC(=O)COC(=O)c2cc(OC)c(OC)c(OC)c2Br)cc1OC. The van der Waals surface area contributed by atoms with Gasteiger partial charge < -0.3 is 33.7 Å². The third kappa shape index (κ3) is 5.97. The molecule has 1 amide bonds. The first-order chi connectivity index (χ1) is 15.4. The standard InChI is InChI=1S/C22H26BrNO8/c1-27-15-7-6-13(10-16(15)28-2)8-9-24-18(25)12-32-22(26)14-11-17(29-3)20(30-4)21(31-5)19(14)23/h6-7,10-11H,8-9,12H2,1-5H3,(H,24,25). The molecular weight excluding hydrogens is 486 g/mol. The molecule has 0 bridgehead atoms. The Morgan fingerprint density at radius 1 is 0.844 bits per heavy atom. The lowest BCUT2D eigenvalue weighted by Gasteiger charge is -2.16. The second-order valence-corrected chi connectivity index (χ2v) is 7.17. The summed E-state index contributed by atoms with van der Waals surface area (Å²) in [6.07, 6.45) is 0.568. The first-order valence-corrected chi connectivity index (χ1v) is 10.3. The lowest BCUT2D eigenvalue weighted by Crippen LogP contribution is -2.30. The van der Waals surface area contributed by atoms with Crippen molar-refractivity contribution in [2.75, 3.05) is 48.7 Å². The van der Waals surface area contributed by atoms with Gasteiger partial charge in [-0.1, -0.05) is 6.07 Å². The molecule has 0 aliphatic heterocycles. The van der Waals surface area contributed by atoms with Gasteiger partial charge in [0.05, 0.1) is 45.6 Å². The number of carbonyl (C=O) groups is 2. The first-order valence-electron chi connectivity index (χ1n) is 9.53. The van der Waals surface area contributed by atoms with Gasteiger partial charge in [-0.2, -0.15) is 0 Å². The molecule has 0 aliphatic carbocycles. The zero-order valence-electron chi connectivity index (χ0n) is 18.6. The molecule has 0 radical (unpaired) electrons. The summed E-state index contributed by atoms with van der Waals surface area (Å²) >= 11 is 3.31. The summed E-state index contributed by atoms with van der Waals surface area (Å²) < 4.78 is 31.8. The molecule has 2 rings (SSSR count). The maximum Gasteiger partial charge on any atom is 0.340 e. The second-order valence-electron chi connectivity index (χ2n) is 6.37. The van der Waals surface area contributed by atoms with Crippen molar-refractivity contribution >= 4 is 27.8 Å². The van der Waals surface area contributed by atoms with Gasteiger partial charge in [-0.15, -0.1) is 0 Å². The van der Waals surface area contributed by atoms with Crippen LogP contribution in [-0.4, -0.2) is 60.6 Å². The van der Waals surface area contributed by atoms with Crippen LogP contribution in [0.15, 0.2) is 28.7 Å². The van der Waals surface area contributed by atoms with Gasteiger partial charge in [-0.3, -0.25) is 4.79 Å². The van der Waals surface area contributed by atoms with Gasteiger partial charge in [-0.05, 0) is 46.1 Å². The molecule has 0 aromatic heterocycles. The van der Waals surface area contributed by atoms with E-state index in [0.29, 0.717) is 40.4 Å². The molecule has 32 heavy (non-hydrogen) atoms. The lowest BCUT2D eigenvalue weighted by atomic mass is 10.1. The van der Waals surface area contributed by atoms with Crippen molar-refractivity contribution in [1.29, 1.82) is 0 Å². The van der Waals surface area contributed by atoms with Crippen LogP contribution in [0.3, 0.4) is 0 Å². The lowest BCUT2D eigenvalue weighted by molar-refractivity contribution is -0.124. The number of rotatable bonds is 11. The van der Waals surface area contributed by atoms with E-state index in [2.05, 4.69) is 21.2 Å². The highest BCUT2D eigenvalue weighted by molar-refractivity contribution is 9.10. The van der Waals surface area contributed by atoms with Crippen molar-refractivity contribution < 1.29 is 38.0 Å². The molecule has 0 atom stereocenters. The highest BCUT2D eigenvalue weighted by atomic mass is 79.9. The Hall–Kier alpha value is -3.14. The van der Waals surface area contributed by atoms with Crippen molar-refractivity contribution in [3.63, 3.8) is 0 Å². The van der Waals surface area contributed by atoms with Crippen LogP contribution < -0.4 is 29.0 Å². The molecule has 174 valence electrons. The molecule has 0 heterocycles. The highest BCUT2D eigenvalue weighted by Gasteiger charge is 2.24. The van der Waals surface area contributed by atoms with Crippen molar-refractivity contribution in [3.8, 4) is 28.7 Å². The molecule has 0 saturated heterocycles. The van der Waals surface area contributed by atoms with Crippen LogP contribution in [0.5, 0.6) is 28.7 Å². The van der Waals surface area contributed by atoms with Crippen LogP contribution in [0.25, 0.3) is 0 Å². The van der Waals surface area contributed by atoms with Gasteiger partial charge in [0.2, 0.25) is 5.75 Å². The van der Waals surface area contributed by atoms with Crippen LogP contribution in [0, 0.1) is 0 Å². The van der Waals surface area contributed by atoms with E-state index in [9.17, 15) is 9.59 Å². The predicted octanol–water partition coefficient (Wildman–Crippen LogP) is 3.01. The Morgan fingerprint density at radius 3 is 2.09 bits per heavy atom. The molecule has 1 N–H and O–H groups in total. The minimum atomic E-state index is -0.717. The number of methoxy groups -OCH3 is 5. The smallest absolute Gasteiger partial charge is 0.340 e. The Bertz CT molecular complexity index is 963. The second kappa shape index (κ2) is 12.0. The molecular formula is C22H26BrNO8. The fourth-order valence-corrected chi connectivity index (χ4v) is 3.53. The molecule has 2 aromatic carbocycles. The number of amides is 1. The maximum absolute atomic E-state index is 12.5. The van der Waals surface area contributed by atoms with Gasteiger partial charge in [0, 0.05) is 6.54 Å². The predicted molar refractivity (Wildman–Crippen MR) is 120 cm³/mol. The fourth-order valence-electron chi connectivity index (χ4n) is 2.91. The van der Waals surface area contributed by atoms with Crippen LogP contribution >= 0.6 is 15.9 Å². The molecule has 0 unspecified atom stereocenters. The third-order valence-electron chi connectivity index (χ3n) is 4.51. The molecule has 0 fully saturated rings. The summed E-state index contributed by atoms with van der Waals surface area (Å²) in [4.78, 5) is 24.6. The number of benzene rings is 2. The van der Waals surface area contributed by atoms with Crippen LogP contribution in [0.2, 0.25) is 0 Å². The van der Waals surface area contributed by atoms with E-state index in [4.69, 9.17) is 28.4 Å². The van der Waals surface area contributed by atoms with Crippen LogP contribution in [-0.2, 0) is 16.0 Å². The minimum Gasteiger partial charge on any atom is -0.493 e. The summed E-state index contributed by atoms with van der Waals surface area (Å²) in [6, 6.07) is 6.97. The Balaban J connectivity index is 1.94. The number of hydrogen-bond donors (Lipinski definition) is 1. The molecule has 9 nitrogen and oxygen atoms in total. The molecule has 2 aromatic rings. The topological polar surface area (TPSA) is 102 Å². The van der Waals surface area contributed by atoms with E-state index >= 15 is 0 Å². The number of ether oxygens (including phenoxy) is 6. The number of halogens is 1. The largest absolute Gasteiger partial charge is 0.493 e. The summed E-state index contributed by atoms with van der Waals surface area (Å²) in [5.41, 5.74) is 1.10. The number of hydrogen-bond acceptors (Lipinski definition) is 8. The Kier molecular flexibility index (Phi) is 9.45. The third-order valence-corrected chi connectivity index (χ3v) is 5.29. The Labute approximate surface area is 195 Å². The summed E-state index contributed by atoms with van der Waals surface area (Å²) in [7, 11) is 7.45. The average Bonchev–Trinajstić information content (AvgIpc) is 2.81. The van der Waals surface area contributed by atoms with E-state index < -0.39 is 18.5 Å². The summed E-state index contributed by atoms with van der Waals surface area (Å²) in [5.74, 6) is 0.989. The zero-order chi connectivity index (χ0) is 23.7. The Morgan fingerprint density at radius 2 is 1.50 bits per heavy atom. The van der Waals surface area contributed by atoms with Crippen LogP contribution in [0.1, 0.15) is 15.9 Å². The molecule has 0 aliphatic rings. The van der Waals surface area contributed by atoms with E-state index in [1.165, 1.54) is 27.4 Å². The van der Waals surface area contributed by atoms with Crippen molar-refractivity contribution in [2.24, 2.45) is 0 Å². The van der Waals surface area contributed by atoms with Crippen molar-refractivity contribution in [2.45, 2.75) is 6.42 Å². The van der Waals surface area contributed by atoms with Gasteiger partial charge in [-0.25, -0.2) is 4.79 Å². The van der Waals surface area contributed by atoms with E-state index in [1.807, 2.05) is 12.1 Å². The zero-order valence-corrected chi connectivity index (χ0v) is 20.2. The summed E-state index contributed by atoms with van der Waals surface area (Å²) in [5, 5.41) is 2.71. The highest BCUT2D eigenvalue weighted by Crippen LogP contribution is 2.44. The maximum atomic E-state index is 12.5. The van der Waals surface area contributed by atoms with E-state index in [-0.39, 0.29) is 11.3 Å². The average molecular weight is 512 g/mol. The quantitative estimate of drug-likeness (QED) is 0.459. The first kappa shape index (κ1) is 25.1. The van der Waals surface area contributed by atoms with Gasteiger partial charge in [0.1, 0.15) is 0 Å². The minimum absolute atomic E-state index is 0.137. The summed E-state index contributed by atoms with van der Waals surface area (Å²) in [6.45, 7) is -0.0758. The van der Waals surface area contributed by atoms with E-state index in [0.717, 1.165) is 5.56 Å². The number of nitrogens with one attached hydrogen (secondary N) is 1. The normalized spacial score (nSPS) is 10.2. The van der Waals surface area contributed by atoms with Gasteiger partial charge in [0.25, 0.3) is 5.91 Å². The van der Waals surface area contributed by atoms with Crippen LogP contribution in [0.4, 0.5) is 0 Å². The number of carbonyl (C=O) groups excluding carboxylic acids is 2. The number of esters is 1. The molecule has 0 spiro atoms. The fraction of sp³-hybridized carbons (Fsp3) is 0.364. The molecule has 0 saturated carbocycles. The monoisotopic (exact) mass is 511 g/mol. The van der Waals surface area contributed by atoms with E-state index in [1.54, 1.807) is 20.3 Å².